The van der Waals surface area contributed by atoms with Crippen molar-refractivity contribution in [3.05, 3.63) is 33.3 Å². The Morgan fingerprint density at radius 1 is 1.36 bits per heavy atom. The van der Waals surface area contributed by atoms with Crippen LogP contribution >= 0.6 is 35.0 Å². The molecule has 0 aliphatic carbocycles. The molecule has 0 aromatic heterocycles. The van der Waals surface area contributed by atoms with Gasteiger partial charge in [0, 0.05) is 0 Å². The Morgan fingerprint density at radius 3 is 2.64 bits per heavy atom. The average Bonchev–Trinajstić information content (AvgIpc) is 2.94. The summed E-state index contributed by atoms with van der Waals surface area (Å²) in [5.74, 6) is -0.142. The van der Waals surface area contributed by atoms with Gasteiger partial charge in [-0.1, -0.05) is 30.1 Å². The summed E-state index contributed by atoms with van der Waals surface area (Å²) in [5, 5.41) is 16.0. The van der Waals surface area contributed by atoms with Crippen molar-refractivity contribution in [2.45, 2.75) is 19.8 Å². The molecule has 1 aromatic carbocycles. The van der Waals surface area contributed by atoms with E-state index in [0.717, 1.165) is 17.9 Å². The molecule has 1 aromatic rings. The number of ether oxygens (including phenoxy) is 1. The van der Waals surface area contributed by atoms with Crippen molar-refractivity contribution in [2.24, 2.45) is 10.1 Å². The molecule has 1 amide bonds. The van der Waals surface area contributed by atoms with Crippen LogP contribution in [0.2, 0.25) is 10.0 Å². The highest BCUT2D eigenvalue weighted by Crippen LogP contribution is 2.35. The lowest BCUT2D eigenvalue weighted by atomic mass is 10.1. The number of hydrazone groups is 1. The highest BCUT2D eigenvalue weighted by atomic mass is 35.5. The van der Waals surface area contributed by atoms with Crippen LogP contribution in [0.1, 0.15) is 25.3 Å². The van der Waals surface area contributed by atoms with Gasteiger partial charge in [0.1, 0.15) is 5.04 Å². The van der Waals surface area contributed by atoms with Crippen molar-refractivity contribution in [1.82, 2.24) is 5.01 Å². The Kier molecular flexibility index (Phi) is 5.17. The first kappa shape index (κ1) is 18.0. The fourth-order valence-corrected chi connectivity index (χ4v) is 4.02. The molecule has 130 valence electrons. The number of hydrogen-bond donors (Lipinski definition) is 1. The van der Waals surface area contributed by atoms with Crippen LogP contribution in [-0.2, 0) is 4.79 Å². The largest absolute Gasteiger partial charge is 0.494 e. The summed E-state index contributed by atoms with van der Waals surface area (Å²) in [5.41, 5.74) is 0.704. The fourth-order valence-electron chi connectivity index (χ4n) is 2.37. The summed E-state index contributed by atoms with van der Waals surface area (Å²) in [4.78, 5) is 16.4. The number of carbonyl (C=O) groups is 1. The topological polar surface area (TPSA) is 78.1 Å². The van der Waals surface area contributed by atoms with E-state index < -0.39 is 5.91 Å². The van der Waals surface area contributed by atoms with Gasteiger partial charge in [-0.05, 0) is 48.4 Å². The van der Waals surface area contributed by atoms with Crippen LogP contribution in [0.25, 0.3) is 6.08 Å². The standard InChI is InChI=1S/C16H14Cl2N4O2S/c1-3-4-12-21-22-14(19)9(15(23)20-16(22)25-12)5-8-6-10(17)13(24-2)11(18)7-8/h5-7,19H,3-4H2,1-2H3/b9-5-,19-14?. The van der Waals surface area contributed by atoms with Crippen LogP contribution in [0.15, 0.2) is 27.8 Å². The Balaban J connectivity index is 1.97. The van der Waals surface area contributed by atoms with Crippen LogP contribution in [0.4, 0.5) is 0 Å². The number of fused-ring (bicyclic) bond motifs is 1. The smallest absolute Gasteiger partial charge is 0.283 e. The van der Waals surface area contributed by atoms with E-state index >= 15 is 0 Å². The molecule has 0 bridgehead atoms. The molecule has 6 nitrogen and oxygen atoms in total. The maximum absolute atomic E-state index is 12.3. The molecule has 0 spiro atoms. The monoisotopic (exact) mass is 396 g/mol. The molecule has 0 atom stereocenters. The zero-order valence-corrected chi connectivity index (χ0v) is 15.8. The maximum atomic E-state index is 12.3. The first-order valence-electron chi connectivity index (χ1n) is 7.46. The van der Waals surface area contributed by atoms with E-state index in [1.807, 2.05) is 6.92 Å². The molecule has 0 saturated carbocycles. The lowest BCUT2D eigenvalue weighted by Gasteiger charge is -2.20. The van der Waals surface area contributed by atoms with Gasteiger partial charge >= 0.3 is 0 Å². The maximum Gasteiger partial charge on any atom is 0.283 e. The molecule has 2 aliphatic rings. The number of hydrogen-bond acceptors (Lipinski definition) is 5. The second kappa shape index (κ2) is 7.19. The highest BCUT2D eigenvalue weighted by Gasteiger charge is 2.35. The van der Waals surface area contributed by atoms with E-state index in [9.17, 15) is 4.79 Å². The Labute approximate surface area is 159 Å². The minimum atomic E-state index is -0.486. The predicted octanol–water partition coefficient (Wildman–Crippen LogP) is 4.42. The average molecular weight is 397 g/mol. The van der Waals surface area contributed by atoms with Gasteiger partial charge in [-0.25, -0.2) is 0 Å². The third-order valence-electron chi connectivity index (χ3n) is 3.50. The quantitative estimate of drug-likeness (QED) is 0.763. The molecule has 0 radical (unpaired) electrons. The zero-order chi connectivity index (χ0) is 18.1. The molecule has 9 heteroatoms. The van der Waals surface area contributed by atoms with Gasteiger partial charge in [0.25, 0.3) is 5.91 Å². The molecule has 0 fully saturated rings. The molecule has 3 rings (SSSR count). The summed E-state index contributed by atoms with van der Waals surface area (Å²) in [6.45, 7) is 2.04. The lowest BCUT2D eigenvalue weighted by molar-refractivity contribution is -0.114. The molecule has 2 heterocycles. The molecule has 0 unspecified atom stereocenters. The number of nitrogens with zero attached hydrogens (tertiary/aromatic N) is 3. The van der Waals surface area contributed by atoms with E-state index in [-0.39, 0.29) is 11.4 Å². The van der Waals surface area contributed by atoms with Gasteiger partial charge in [0.15, 0.2) is 11.6 Å². The number of amidine groups is 2. The molecule has 2 aliphatic heterocycles. The van der Waals surface area contributed by atoms with E-state index in [1.165, 1.54) is 30.0 Å². The Morgan fingerprint density at radius 2 is 2.04 bits per heavy atom. The fraction of sp³-hybridized carbons (Fsp3) is 0.250. The third kappa shape index (κ3) is 3.44. The number of thioether (sulfide) groups is 1. The number of nitrogens with one attached hydrogen (secondary N) is 1. The Hall–Kier alpha value is -1.83. The van der Waals surface area contributed by atoms with Crippen LogP contribution < -0.4 is 4.74 Å². The normalized spacial score (nSPS) is 18.4. The summed E-state index contributed by atoms with van der Waals surface area (Å²) in [7, 11) is 1.47. The summed E-state index contributed by atoms with van der Waals surface area (Å²) in [6, 6.07) is 3.23. The summed E-state index contributed by atoms with van der Waals surface area (Å²) < 4.78 is 5.11. The van der Waals surface area contributed by atoms with Gasteiger partial charge in [-0.2, -0.15) is 15.1 Å². The molecular formula is C16H14Cl2N4O2S. The first-order chi connectivity index (χ1) is 11.9. The highest BCUT2D eigenvalue weighted by molar-refractivity contribution is 8.26. The number of rotatable bonds is 4. The van der Waals surface area contributed by atoms with Crippen LogP contribution in [0.5, 0.6) is 5.75 Å². The van der Waals surface area contributed by atoms with Crippen LogP contribution in [0, 0.1) is 5.41 Å². The predicted molar refractivity (Wildman–Crippen MR) is 103 cm³/mol. The Bertz CT molecular complexity index is 841. The van der Waals surface area contributed by atoms with Crippen molar-refractivity contribution in [3.8, 4) is 5.75 Å². The van der Waals surface area contributed by atoms with Gasteiger partial charge < -0.3 is 4.74 Å². The summed E-state index contributed by atoms with van der Waals surface area (Å²) >= 11 is 13.6. The SMILES string of the molecule is CCCC1=NN2C(=N)/C(=C/c3cc(Cl)c(OC)c(Cl)c3)C(=O)N=C2S1. The van der Waals surface area contributed by atoms with Gasteiger partial charge in [-0.3, -0.25) is 10.2 Å². The minimum Gasteiger partial charge on any atom is -0.494 e. The lowest BCUT2D eigenvalue weighted by Crippen LogP contribution is -2.35. The van der Waals surface area contributed by atoms with E-state index in [4.69, 9.17) is 33.3 Å². The third-order valence-corrected chi connectivity index (χ3v) is 5.03. The van der Waals surface area contributed by atoms with E-state index in [0.29, 0.717) is 26.5 Å². The number of halogens is 2. The van der Waals surface area contributed by atoms with E-state index in [1.54, 1.807) is 12.1 Å². The van der Waals surface area contributed by atoms with Crippen LogP contribution in [0.3, 0.4) is 0 Å². The minimum absolute atomic E-state index is 0.0170. The molecular weight excluding hydrogens is 383 g/mol. The number of amides is 1. The first-order valence-corrected chi connectivity index (χ1v) is 9.04. The zero-order valence-electron chi connectivity index (χ0n) is 13.5. The van der Waals surface area contributed by atoms with Crippen molar-refractivity contribution >= 4 is 63.0 Å². The number of aliphatic imine (C=N–C) groups is 1. The van der Waals surface area contributed by atoms with Crippen molar-refractivity contribution in [2.75, 3.05) is 7.11 Å². The second-order valence-electron chi connectivity index (χ2n) is 5.28. The molecule has 0 saturated heterocycles. The van der Waals surface area contributed by atoms with Crippen molar-refractivity contribution in [3.63, 3.8) is 0 Å². The van der Waals surface area contributed by atoms with Gasteiger partial charge in [0.05, 0.1) is 22.7 Å². The van der Waals surface area contributed by atoms with Crippen LogP contribution in [-0.4, -0.2) is 34.1 Å². The van der Waals surface area contributed by atoms with E-state index in [2.05, 4.69) is 10.1 Å². The number of methoxy groups -OCH3 is 1. The molecule has 25 heavy (non-hydrogen) atoms. The van der Waals surface area contributed by atoms with Gasteiger partial charge in [0.2, 0.25) is 5.17 Å². The second-order valence-corrected chi connectivity index (χ2v) is 7.14. The summed E-state index contributed by atoms with van der Waals surface area (Å²) in [6.07, 6.45) is 3.24. The molecule has 1 N–H and O–H groups in total. The van der Waals surface area contributed by atoms with Gasteiger partial charge in [-0.15, -0.1) is 0 Å². The number of carbonyl (C=O) groups excluding carboxylic acids is 1. The number of benzene rings is 1. The van der Waals surface area contributed by atoms with Crippen molar-refractivity contribution in [1.29, 1.82) is 5.41 Å². The van der Waals surface area contributed by atoms with Crippen molar-refractivity contribution < 1.29 is 9.53 Å².